The Morgan fingerprint density at radius 3 is 3.18 bits per heavy atom. The largest absolute Gasteiger partial charge is 0.392 e. The zero-order chi connectivity index (χ0) is 12.0. The summed E-state index contributed by atoms with van der Waals surface area (Å²) in [4.78, 5) is 6.47. The van der Waals surface area contributed by atoms with Gasteiger partial charge < -0.3 is 15.3 Å². The predicted octanol–water partition coefficient (Wildman–Crippen LogP) is 0.436. The molecule has 2 aliphatic heterocycles. The second-order valence-electron chi connectivity index (χ2n) is 4.82. The summed E-state index contributed by atoms with van der Waals surface area (Å²) in [7, 11) is 0. The summed E-state index contributed by atoms with van der Waals surface area (Å²) in [6.07, 6.45) is 1.99. The number of halogens is 1. The molecule has 0 unspecified atom stereocenters. The molecule has 2 N–H and O–H groups in total. The van der Waals surface area contributed by atoms with Crippen molar-refractivity contribution in [3.05, 3.63) is 23.1 Å². The van der Waals surface area contributed by atoms with Gasteiger partial charge in [-0.05, 0) is 13.3 Å². The number of fused-ring (bicyclic) bond motifs is 3. The fourth-order valence-corrected chi connectivity index (χ4v) is 2.96. The Kier molecular flexibility index (Phi) is 2.52. The van der Waals surface area contributed by atoms with Gasteiger partial charge in [0.1, 0.15) is 11.6 Å². The summed E-state index contributed by atoms with van der Waals surface area (Å²) in [5.41, 5.74) is 1.30. The van der Waals surface area contributed by atoms with E-state index >= 15 is 0 Å². The van der Waals surface area contributed by atoms with Crippen LogP contribution in [0.25, 0.3) is 0 Å². The highest BCUT2D eigenvalue weighted by molar-refractivity contribution is 5.58. The first-order chi connectivity index (χ1) is 8.22. The molecule has 0 bridgehead atoms. The molecular weight excluding hydrogens is 221 g/mol. The van der Waals surface area contributed by atoms with Gasteiger partial charge in [0.15, 0.2) is 0 Å². The molecule has 92 valence electrons. The van der Waals surface area contributed by atoms with Crippen molar-refractivity contribution in [2.24, 2.45) is 0 Å². The number of rotatable bonds is 1. The van der Waals surface area contributed by atoms with Gasteiger partial charge in [0.2, 0.25) is 0 Å². The van der Waals surface area contributed by atoms with Gasteiger partial charge in [-0.25, -0.2) is 9.37 Å². The lowest BCUT2D eigenvalue weighted by Gasteiger charge is -2.37. The fourth-order valence-electron chi connectivity index (χ4n) is 2.96. The number of nitrogens with zero attached hydrogens (tertiary/aromatic N) is 2. The lowest BCUT2D eigenvalue weighted by Crippen LogP contribution is -2.55. The predicted molar refractivity (Wildman–Crippen MR) is 62.4 cm³/mol. The van der Waals surface area contributed by atoms with Crippen molar-refractivity contribution in [3.8, 4) is 0 Å². The summed E-state index contributed by atoms with van der Waals surface area (Å²) in [5.74, 6) is 0.459. The molecule has 1 aromatic rings. The molecule has 17 heavy (non-hydrogen) atoms. The quantitative estimate of drug-likeness (QED) is 0.744. The molecule has 5 heteroatoms. The Labute approximate surface area is 99.5 Å². The molecule has 1 fully saturated rings. The van der Waals surface area contributed by atoms with Crippen LogP contribution in [0.3, 0.4) is 0 Å². The molecule has 1 saturated heterocycles. The van der Waals surface area contributed by atoms with Crippen LogP contribution < -0.4 is 10.2 Å². The highest BCUT2D eigenvalue weighted by Gasteiger charge is 2.37. The van der Waals surface area contributed by atoms with Gasteiger partial charge in [-0.15, -0.1) is 0 Å². The minimum Gasteiger partial charge on any atom is -0.392 e. The highest BCUT2D eigenvalue weighted by Crippen LogP contribution is 2.36. The molecular formula is C12H16FN3O. The van der Waals surface area contributed by atoms with E-state index in [9.17, 15) is 9.50 Å². The van der Waals surface area contributed by atoms with E-state index in [0.717, 1.165) is 30.9 Å². The van der Waals surface area contributed by atoms with Crippen LogP contribution in [0.2, 0.25) is 0 Å². The van der Waals surface area contributed by atoms with Crippen molar-refractivity contribution >= 4 is 5.82 Å². The fraction of sp³-hybridized carbons (Fsp3) is 0.583. The topological polar surface area (TPSA) is 48.4 Å². The molecule has 3 rings (SSSR count). The zero-order valence-corrected chi connectivity index (χ0v) is 9.78. The third kappa shape index (κ3) is 1.53. The smallest absolute Gasteiger partial charge is 0.147 e. The molecule has 0 amide bonds. The summed E-state index contributed by atoms with van der Waals surface area (Å²) >= 11 is 0. The van der Waals surface area contributed by atoms with Crippen LogP contribution in [0.15, 0.2) is 6.20 Å². The summed E-state index contributed by atoms with van der Waals surface area (Å²) in [5, 5.41) is 12.6. The highest BCUT2D eigenvalue weighted by atomic mass is 19.1. The maximum atomic E-state index is 13.6. The molecule has 0 saturated carbocycles. The summed E-state index contributed by atoms with van der Waals surface area (Å²) in [6, 6.07) is 0.702. The van der Waals surface area contributed by atoms with E-state index in [1.54, 1.807) is 0 Å². The molecule has 0 aromatic carbocycles. The second-order valence-corrected chi connectivity index (χ2v) is 4.82. The van der Waals surface area contributed by atoms with Gasteiger partial charge in [-0.1, -0.05) is 0 Å². The van der Waals surface area contributed by atoms with Crippen LogP contribution in [0, 0.1) is 5.82 Å². The standard InChI is InChI=1S/C12H16FN3O/c1-7-3-14-4-8-2-9-10(6-17)11(13)5-15-12(9)16(7)8/h5,7-8,14,17H,2-4,6H2,1H3/t7-,8-/m1/s1. The minimum atomic E-state index is -0.397. The van der Waals surface area contributed by atoms with Gasteiger partial charge in [0, 0.05) is 36.3 Å². The number of pyridine rings is 1. The van der Waals surface area contributed by atoms with Crippen molar-refractivity contribution in [1.82, 2.24) is 10.3 Å². The van der Waals surface area contributed by atoms with Gasteiger partial charge in [0.05, 0.1) is 12.8 Å². The first kappa shape index (κ1) is 10.9. The van der Waals surface area contributed by atoms with Crippen LogP contribution in [-0.4, -0.2) is 35.3 Å². The van der Waals surface area contributed by atoms with Crippen molar-refractivity contribution in [3.63, 3.8) is 0 Å². The number of piperazine rings is 1. The number of nitrogens with one attached hydrogen (secondary N) is 1. The Bertz CT molecular complexity index is 452. The second kappa shape index (κ2) is 3.92. The van der Waals surface area contributed by atoms with Gasteiger partial charge in [0.25, 0.3) is 0 Å². The Hall–Kier alpha value is -1.20. The third-order valence-electron chi connectivity index (χ3n) is 3.75. The molecule has 1 aromatic heterocycles. The van der Waals surface area contributed by atoms with Crippen LogP contribution in [0.4, 0.5) is 10.2 Å². The molecule has 4 nitrogen and oxygen atoms in total. The van der Waals surface area contributed by atoms with Crippen LogP contribution in [0.1, 0.15) is 18.1 Å². The number of hydrogen-bond acceptors (Lipinski definition) is 4. The van der Waals surface area contributed by atoms with Crippen molar-refractivity contribution in [1.29, 1.82) is 0 Å². The first-order valence-electron chi connectivity index (χ1n) is 5.98. The average Bonchev–Trinajstić information content (AvgIpc) is 2.68. The van der Waals surface area contributed by atoms with E-state index < -0.39 is 5.82 Å². The molecule has 3 heterocycles. The first-order valence-corrected chi connectivity index (χ1v) is 5.98. The summed E-state index contributed by atoms with van der Waals surface area (Å²) in [6.45, 7) is 3.70. The van der Waals surface area contributed by atoms with Crippen molar-refractivity contribution < 1.29 is 9.50 Å². The van der Waals surface area contributed by atoms with Crippen LogP contribution in [-0.2, 0) is 13.0 Å². The van der Waals surface area contributed by atoms with Crippen LogP contribution >= 0.6 is 0 Å². The van der Waals surface area contributed by atoms with E-state index in [-0.39, 0.29) is 6.61 Å². The maximum Gasteiger partial charge on any atom is 0.147 e. The summed E-state index contributed by atoms with van der Waals surface area (Å²) < 4.78 is 13.6. The molecule has 2 aliphatic rings. The van der Waals surface area contributed by atoms with Crippen molar-refractivity contribution in [2.45, 2.75) is 32.0 Å². The van der Waals surface area contributed by atoms with Gasteiger partial charge in [-0.3, -0.25) is 0 Å². The molecule has 0 spiro atoms. The number of aromatic nitrogens is 1. The van der Waals surface area contributed by atoms with E-state index in [0.29, 0.717) is 17.6 Å². The Balaban J connectivity index is 2.08. The number of aliphatic hydroxyl groups is 1. The molecule has 2 atom stereocenters. The minimum absolute atomic E-state index is 0.251. The number of hydrogen-bond donors (Lipinski definition) is 2. The molecule has 0 aliphatic carbocycles. The maximum absolute atomic E-state index is 13.6. The van der Waals surface area contributed by atoms with E-state index in [1.807, 2.05) is 0 Å². The Morgan fingerprint density at radius 2 is 2.41 bits per heavy atom. The number of aliphatic hydroxyl groups excluding tert-OH is 1. The van der Waals surface area contributed by atoms with Gasteiger partial charge >= 0.3 is 0 Å². The normalized spacial score (nSPS) is 26.9. The third-order valence-corrected chi connectivity index (χ3v) is 3.75. The monoisotopic (exact) mass is 237 g/mol. The SMILES string of the molecule is C[C@@H]1CNC[C@H]2Cc3c(ncc(F)c3CO)N21. The Morgan fingerprint density at radius 1 is 1.59 bits per heavy atom. The van der Waals surface area contributed by atoms with E-state index in [1.165, 1.54) is 6.20 Å². The number of anilines is 1. The lowest BCUT2D eigenvalue weighted by molar-refractivity contribution is 0.274. The van der Waals surface area contributed by atoms with E-state index in [4.69, 9.17) is 0 Å². The van der Waals surface area contributed by atoms with E-state index in [2.05, 4.69) is 22.1 Å². The average molecular weight is 237 g/mol. The lowest BCUT2D eigenvalue weighted by atomic mass is 10.0. The zero-order valence-electron chi connectivity index (χ0n) is 9.78. The molecule has 0 radical (unpaired) electrons. The van der Waals surface area contributed by atoms with Crippen LogP contribution in [0.5, 0.6) is 0 Å². The van der Waals surface area contributed by atoms with Gasteiger partial charge in [-0.2, -0.15) is 0 Å². The van der Waals surface area contributed by atoms with Crippen molar-refractivity contribution in [2.75, 3.05) is 18.0 Å².